The molecule has 29 heavy (non-hydrogen) atoms. The molecule has 1 aromatic carbocycles. The lowest BCUT2D eigenvalue weighted by molar-refractivity contribution is 0.0852. The maximum Gasteiger partial charge on any atom is 0.266 e. The van der Waals surface area contributed by atoms with Crippen molar-refractivity contribution in [2.75, 3.05) is 30.2 Å². The molecule has 0 amide bonds. The Hall–Kier alpha value is -1.38. The Morgan fingerprint density at radius 3 is 2.69 bits per heavy atom. The van der Waals surface area contributed by atoms with Gasteiger partial charge in [0.1, 0.15) is 17.0 Å². The Morgan fingerprint density at radius 2 is 2.14 bits per heavy atom. The molecular weight excluding hydrogens is 487 g/mol. The van der Waals surface area contributed by atoms with Crippen LogP contribution in [0.5, 0.6) is 0 Å². The highest BCUT2D eigenvalue weighted by atomic mass is 79.9. The third-order valence-electron chi connectivity index (χ3n) is 4.35. The molecule has 2 rings (SSSR count). The van der Waals surface area contributed by atoms with Crippen LogP contribution in [0.1, 0.15) is 13.3 Å². The number of nitrogens with one attached hydrogen (secondary N) is 2. The zero-order valence-electron chi connectivity index (χ0n) is 15.9. The van der Waals surface area contributed by atoms with E-state index in [1.807, 2.05) is 6.92 Å². The smallest absolute Gasteiger partial charge is 0.266 e. The second kappa shape index (κ2) is 10.6. The van der Waals surface area contributed by atoms with Gasteiger partial charge in [-0.25, -0.2) is 17.8 Å². The maximum absolute atomic E-state index is 14.6. The molecule has 13 heteroatoms. The minimum atomic E-state index is -4.15. The SMILES string of the molecule is COC(CN)C[C@@H](CNc1cc(F)c(S(=O)(=O)Nc2ncns2)cc1Br)[C@@H](C)N. The molecule has 1 unspecified atom stereocenters. The van der Waals surface area contributed by atoms with Crippen molar-refractivity contribution in [2.45, 2.75) is 30.4 Å². The number of methoxy groups -OCH3 is 1. The Balaban J connectivity index is 2.16. The lowest BCUT2D eigenvalue weighted by atomic mass is 9.94. The first-order valence-corrected chi connectivity index (χ1v) is 11.7. The molecular formula is C16H24BrFN6O3S2. The van der Waals surface area contributed by atoms with E-state index in [-0.39, 0.29) is 23.2 Å². The third kappa shape index (κ3) is 6.55. The van der Waals surface area contributed by atoms with E-state index in [4.69, 9.17) is 16.2 Å². The van der Waals surface area contributed by atoms with E-state index in [9.17, 15) is 12.8 Å². The van der Waals surface area contributed by atoms with Gasteiger partial charge in [-0.2, -0.15) is 4.37 Å². The summed E-state index contributed by atoms with van der Waals surface area (Å²) in [5, 5.41) is 3.17. The highest BCUT2D eigenvalue weighted by molar-refractivity contribution is 9.10. The molecule has 0 saturated heterocycles. The van der Waals surface area contributed by atoms with Crippen molar-refractivity contribution in [3.8, 4) is 0 Å². The minimum Gasteiger partial charge on any atom is -0.384 e. The van der Waals surface area contributed by atoms with E-state index in [2.05, 4.69) is 35.3 Å². The van der Waals surface area contributed by atoms with Crippen molar-refractivity contribution in [1.29, 1.82) is 0 Å². The first-order chi connectivity index (χ1) is 13.7. The molecule has 1 heterocycles. The summed E-state index contributed by atoms with van der Waals surface area (Å²) in [7, 11) is -2.56. The number of halogens is 2. The summed E-state index contributed by atoms with van der Waals surface area (Å²) < 4.78 is 51.0. The largest absolute Gasteiger partial charge is 0.384 e. The summed E-state index contributed by atoms with van der Waals surface area (Å²) in [4.78, 5) is 3.24. The lowest BCUT2D eigenvalue weighted by Crippen LogP contribution is -2.37. The minimum absolute atomic E-state index is 0.0148. The predicted octanol–water partition coefficient (Wildman–Crippen LogP) is 1.98. The Labute approximate surface area is 181 Å². The molecule has 0 radical (unpaired) electrons. The molecule has 9 nitrogen and oxygen atoms in total. The Morgan fingerprint density at radius 1 is 1.41 bits per heavy atom. The molecule has 2 aromatic rings. The zero-order valence-corrected chi connectivity index (χ0v) is 19.2. The van der Waals surface area contributed by atoms with Gasteiger partial charge in [-0.05, 0) is 47.3 Å². The van der Waals surface area contributed by atoms with Gasteiger partial charge in [0.05, 0.1) is 11.8 Å². The molecule has 0 spiro atoms. The van der Waals surface area contributed by atoms with Gasteiger partial charge in [-0.1, -0.05) is 0 Å². The lowest BCUT2D eigenvalue weighted by Gasteiger charge is -2.26. The van der Waals surface area contributed by atoms with Crippen molar-refractivity contribution >= 4 is 48.3 Å². The highest BCUT2D eigenvalue weighted by Gasteiger charge is 2.24. The fourth-order valence-electron chi connectivity index (χ4n) is 2.61. The number of benzene rings is 1. The summed E-state index contributed by atoms with van der Waals surface area (Å²) in [6.45, 7) is 2.68. The van der Waals surface area contributed by atoms with Gasteiger partial charge in [-0.15, -0.1) is 0 Å². The molecule has 162 valence electrons. The zero-order chi connectivity index (χ0) is 21.6. The summed E-state index contributed by atoms with van der Waals surface area (Å²) in [5.41, 5.74) is 12.1. The van der Waals surface area contributed by atoms with Crippen LogP contribution < -0.4 is 21.5 Å². The first-order valence-electron chi connectivity index (χ1n) is 8.68. The van der Waals surface area contributed by atoms with E-state index in [0.717, 1.165) is 17.6 Å². The van der Waals surface area contributed by atoms with Crippen LogP contribution in [-0.4, -0.2) is 50.1 Å². The number of ether oxygens (including phenoxy) is 1. The van der Waals surface area contributed by atoms with Crippen molar-refractivity contribution < 1.29 is 17.5 Å². The van der Waals surface area contributed by atoms with E-state index < -0.39 is 20.7 Å². The number of rotatable bonds is 11. The predicted molar refractivity (Wildman–Crippen MR) is 115 cm³/mol. The van der Waals surface area contributed by atoms with Gasteiger partial charge in [-0.3, -0.25) is 4.72 Å². The summed E-state index contributed by atoms with van der Waals surface area (Å²) in [5.74, 6) is -0.886. The van der Waals surface area contributed by atoms with E-state index in [1.54, 1.807) is 7.11 Å². The second-order valence-electron chi connectivity index (χ2n) is 6.44. The summed E-state index contributed by atoms with van der Waals surface area (Å²) in [6, 6.07) is 2.17. The summed E-state index contributed by atoms with van der Waals surface area (Å²) in [6.07, 6.45) is 1.71. The van der Waals surface area contributed by atoms with Gasteiger partial charge in [0, 0.05) is 42.2 Å². The molecule has 1 aromatic heterocycles. The van der Waals surface area contributed by atoms with Crippen LogP contribution in [0.3, 0.4) is 0 Å². The quantitative estimate of drug-likeness (QED) is 0.358. The van der Waals surface area contributed by atoms with Crippen molar-refractivity contribution in [3.05, 3.63) is 28.7 Å². The second-order valence-corrected chi connectivity index (χ2v) is 9.73. The van der Waals surface area contributed by atoms with Gasteiger partial charge in [0.15, 0.2) is 0 Å². The number of sulfonamides is 1. The Kier molecular flexibility index (Phi) is 8.73. The average molecular weight is 511 g/mol. The fourth-order valence-corrected chi connectivity index (χ4v) is 4.99. The molecule has 3 atom stereocenters. The van der Waals surface area contributed by atoms with Crippen molar-refractivity contribution in [3.63, 3.8) is 0 Å². The van der Waals surface area contributed by atoms with Crippen molar-refractivity contribution in [1.82, 2.24) is 9.36 Å². The molecule has 0 bridgehead atoms. The van der Waals surface area contributed by atoms with Crippen LogP contribution in [0.4, 0.5) is 15.2 Å². The third-order valence-corrected chi connectivity index (χ3v) is 7.07. The average Bonchev–Trinajstić information content (AvgIpc) is 3.16. The van der Waals surface area contributed by atoms with Crippen LogP contribution >= 0.6 is 27.5 Å². The van der Waals surface area contributed by atoms with Crippen molar-refractivity contribution in [2.24, 2.45) is 17.4 Å². The fraction of sp³-hybridized carbons (Fsp3) is 0.500. The monoisotopic (exact) mass is 510 g/mol. The molecule has 0 saturated carbocycles. The van der Waals surface area contributed by atoms with Gasteiger partial charge in [0.25, 0.3) is 10.0 Å². The Bertz CT molecular complexity index is 894. The van der Waals surface area contributed by atoms with E-state index >= 15 is 0 Å². The van der Waals surface area contributed by atoms with Gasteiger partial charge >= 0.3 is 0 Å². The number of hydrogen-bond donors (Lipinski definition) is 4. The first kappa shape index (κ1) is 23.9. The topological polar surface area (TPSA) is 145 Å². The van der Waals surface area contributed by atoms with Gasteiger partial charge < -0.3 is 21.5 Å². The molecule has 6 N–H and O–H groups in total. The van der Waals surface area contributed by atoms with Crippen LogP contribution in [0, 0.1) is 11.7 Å². The highest BCUT2D eigenvalue weighted by Crippen LogP contribution is 2.30. The molecule has 0 aliphatic carbocycles. The normalized spacial score (nSPS) is 15.0. The number of aromatic nitrogens is 2. The maximum atomic E-state index is 14.6. The standard InChI is InChI=1S/C16H24BrFN6O3S2/c1-9(20)10(3-11(6-19)27-2)7-21-14-5-13(18)15(4-12(14)17)29(25,26)24-16-22-8-23-28-16/h4-5,8-11,21H,3,6-7,19-20H2,1-2H3,(H,22,23,24)/t9-,10+,11?/m1/s1. The number of nitrogens with two attached hydrogens (primary N) is 2. The molecule has 0 aliphatic heterocycles. The number of hydrogen-bond acceptors (Lipinski definition) is 9. The van der Waals surface area contributed by atoms with E-state index in [0.29, 0.717) is 29.7 Å². The van der Waals surface area contributed by atoms with Crippen LogP contribution in [0.2, 0.25) is 0 Å². The van der Waals surface area contributed by atoms with Gasteiger partial charge in [0.2, 0.25) is 5.13 Å². The van der Waals surface area contributed by atoms with Crippen LogP contribution in [0.25, 0.3) is 0 Å². The summed E-state index contributed by atoms with van der Waals surface area (Å²) >= 11 is 4.15. The van der Waals surface area contributed by atoms with E-state index in [1.165, 1.54) is 12.4 Å². The number of anilines is 2. The van der Waals surface area contributed by atoms with Crippen LogP contribution in [0.15, 0.2) is 27.8 Å². The molecule has 0 aliphatic rings. The number of nitrogens with zero attached hydrogens (tertiary/aromatic N) is 2. The molecule has 0 fully saturated rings. The van der Waals surface area contributed by atoms with Crippen LogP contribution in [-0.2, 0) is 14.8 Å².